The van der Waals surface area contributed by atoms with Gasteiger partial charge < -0.3 is 20.9 Å². The summed E-state index contributed by atoms with van der Waals surface area (Å²) in [5.41, 5.74) is 15.1. The number of rotatable bonds is 5. The molecule has 19 heavy (non-hydrogen) atoms. The molecule has 0 heterocycles. The van der Waals surface area contributed by atoms with Crippen molar-refractivity contribution in [3.8, 4) is 11.5 Å². The zero-order valence-corrected chi connectivity index (χ0v) is 12.8. The van der Waals surface area contributed by atoms with Crippen LogP contribution in [0.3, 0.4) is 0 Å². The second-order valence-electron chi connectivity index (χ2n) is 5.75. The Kier molecular flexibility index (Phi) is 4.82. The summed E-state index contributed by atoms with van der Waals surface area (Å²) in [4.78, 5) is 0. The van der Waals surface area contributed by atoms with Gasteiger partial charge in [-0.1, -0.05) is 0 Å². The van der Waals surface area contributed by atoms with E-state index < -0.39 is 0 Å². The van der Waals surface area contributed by atoms with E-state index in [1.165, 1.54) is 0 Å². The molecule has 0 saturated carbocycles. The zero-order valence-electron chi connectivity index (χ0n) is 12.8. The van der Waals surface area contributed by atoms with E-state index in [1.807, 2.05) is 33.8 Å². The lowest BCUT2D eigenvalue weighted by Gasteiger charge is -2.26. The van der Waals surface area contributed by atoms with E-state index in [2.05, 4.69) is 0 Å². The highest BCUT2D eigenvalue weighted by Crippen LogP contribution is 2.37. The van der Waals surface area contributed by atoms with E-state index in [1.54, 1.807) is 14.2 Å². The van der Waals surface area contributed by atoms with Gasteiger partial charge in [0, 0.05) is 17.1 Å². The molecule has 0 fully saturated rings. The third kappa shape index (κ3) is 3.61. The van der Waals surface area contributed by atoms with E-state index in [4.69, 9.17) is 20.9 Å². The van der Waals surface area contributed by atoms with Crippen molar-refractivity contribution in [2.24, 2.45) is 11.5 Å². The summed E-state index contributed by atoms with van der Waals surface area (Å²) in [7, 11) is 3.33. The lowest BCUT2D eigenvalue weighted by Crippen LogP contribution is -2.36. The predicted molar refractivity (Wildman–Crippen MR) is 78.8 cm³/mol. The normalized spacial score (nSPS) is 13.3. The average Bonchev–Trinajstić information content (AvgIpc) is 2.30. The number of hydrogen-bond donors (Lipinski definition) is 2. The minimum absolute atomic E-state index is 0.178. The van der Waals surface area contributed by atoms with Crippen LogP contribution in [0.1, 0.15) is 43.0 Å². The fraction of sp³-hybridized carbons (Fsp3) is 0.600. The van der Waals surface area contributed by atoms with E-state index in [-0.39, 0.29) is 11.6 Å². The Balaban J connectivity index is 3.29. The van der Waals surface area contributed by atoms with Gasteiger partial charge in [0.05, 0.1) is 14.2 Å². The van der Waals surface area contributed by atoms with Crippen LogP contribution in [0.15, 0.2) is 6.07 Å². The van der Waals surface area contributed by atoms with Crippen molar-refractivity contribution in [1.29, 1.82) is 0 Å². The fourth-order valence-electron chi connectivity index (χ4n) is 2.32. The Bertz CT molecular complexity index is 450. The van der Waals surface area contributed by atoms with Crippen LogP contribution in [-0.2, 0) is 0 Å². The minimum Gasteiger partial charge on any atom is -0.496 e. The molecule has 0 aliphatic heterocycles. The average molecular weight is 266 g/mol. The summed E-state index contributed by atoms with van der Waals surface area (Å²) < 4.78 is 10.9. The molecule has 0 spiro atoms. The Morgan fingerprint density at radius 2 is 1.74 bits per heavy atom. The molecule has 0 aliphatic rings. The summed E-state index contributed by atoms with van der Waals surface area (Å²) in [6, 6.07) is 1.78. The number of nitrogens with two attached hydrogens (primary N) is 2. The van der Waals surface area contributed by atoms with Gasteiger partial charge in [0.25, 0.3) is 0 Å². The van der Waals surface area contributed by atoms with Crippen LogP contribution >= 0.6 is 0 Å². The SMILES string of the molecule is COc1cc(C(N)CC(C)(C)N)c(OC)c(C)c1C. The highest BCUT2D eigenvalue weighted by molar-refractivity contribution is 5.53. The third-order valence-corrected chi connectivity index (χ3v) is 3.39. The quantitative estimate of drug-likeness (QED) is 0.858. The summed E-state index contributed by atoms with van der Waals surface area (Å²) in [6.07, 6.45) is 0.676. The van der Waals surface area contributed by atoms with Crippen molar-refractivity contribution in [2.75, 3.05) is 14.2 Å². The van der Waals surface area contributed by atoms with Gasteiger partial charge in [0.1, 0.15) is 11.5 Å². The first-order chi connectivity index (χ1) is 8.71. The molecule has 4 N–H and O–H groups in total. The highest BCUT2D eigenvalue weighted by atomic mass is 16.5. The van der Waals surface area contributed by atoms with Gasteiger partial charge >= 0.3 is 0 Å². The predicted octanol–water partition coefficient (Wildman–Crippen LogP) is 2.45. The molecule has 1 aromatic carbocycles. The Morgan fingerprint density at radius 3 is 2.16 bits per heavy atom. The molecule has 0 saturated heterocycles. The maximum absolute atomic E-state index is 6.28. The summed E-state index contributed by atoms with van der Waals surface area (Å²) >= 11 is 0. The Hall–Kier alpha value is -1.26. The number of ether oxygens (including phenoxy) is 2. The lowest BCUT2D eigenvalue weighted by atomic mass is 9.90. The third-order valence-electron chi connectivity index (χ3n) is 3.39. The molecule has 0 amide bonds. The second-order valence-corrected chi connectivity index (χ2v) is 5.75. The standard InChI is InChI=1S/C15H26N2O2/c1-9-10(2)14(19-6)11(7-13(9)18-5)12(16)8-15(3,4)17/h7,12H,8,16-17H2,1-6H3. The molecule has 1 atom stereocenters. The molecule has 1 aromatic rings. The maximum atomic E-state index is 6.28. The van der Waals surface area contributed by atoms with Gasteiger partial charge in [-0.15, -0.1) is 0 Å². The molecule has 1 rings (SSSR count). The number of hydrogen-bond acceptors (Lipinski definition) is 4. The van der Waals surface area contributed by atoms with Crippen LogP contribution in [0.4, 0.5) is 0 Å². The van der Waals surface area contributed by atoms with Gasteiger partial charge in [0.15, 0.2) is 0 Å². The van der Waals surface area contributed by atoms with Crippen molar-refractivity contribution >= 4 is 0 Å². The smallest absolute Gasteiger partial charge is 0.127 e. The molecule has 0 bridgehead atoms. The molecule has 1 unspecified atom stereocenters. The van der Waals surface area contributed by atoms with Crippen molar-refractivity contribution in [3.63, 3.8) is 0 Å². The van der Waals surface area contributed by atoms with E-state index in [0.29, 0.717) is 6.42 Å². The highest BCUT2D eigenvalue weighted by Gasteiger charge is 2.23. The minimum atomic E-state index is -0.323. The van der Waals surface area contributed by atoms with Crippen LogP contribution in [0.25, 0.3) is 0 Å². The summed E-state index contributed by atoms with van der Waals surface area (Å²) in [6.45, 7) is 7.97. The second kappa shape index (κ2) is 5.80. The number of benzene rings is 1. The van der Waals surface area contributed by atoms with Crippen LogP contribution in [0.5, 0.6) is 11.5 Å². The first kappa shape index (κ1) is 15.8. The molecule has 4 heteroatoms. The zero-order chi connectivity index (χ0) is 14.8. The van der Waals surface area contributed by atoms with Gasteiger partial charge in [-0.25, -0.2) is 0 Å². The van der Waals surface area contributed by atoms with Crippen LogP contribution in [0, 0.1) is 13.8 Å². The topological polar surface area (TPSA) is 70.5 Å². The van der Waals surface area contributed by atoms with Crippen molar-refractivity contribution in [1.82, 2.24) is 0 Å². The van der Waals surface area contributed by atoms with Gasteiger partial charge in [-0.2, -0.15) is 0 Å². The van der Waals surface area contributed by atoms with Crippen molar-refractivity contribution in [2.45, 2.75) is 45.7 Å². The number of methoxy groups -OCH3 is 2. The van der Waals surface area contributed by atoms with E-state index >= 15 is 0 Å². The first-order valence-electron chi connectivity index (χ1n) is 6.47. The van der Waals surface area contributed by atoms with E-state index in [0.717, 1.165) is 28.2 Å². The molecule has 4 nitrogen and oxygen atoms in total. The monoisotopic (exact) mass is 266 g/mol. The van der Waals surface area contributed by atoms with Gasteiger partial charge in [-0.05, 0) is 51.3 Å². The van der Waals surface area contributed by atoms with Crippen molar-refractivity contribution < 1.29 is 9.47 Å². The fourth-order valence-corrected chi connectivity index (χ4v) is 2.32. The first-order valence-corrected chi connectivity index (χ1v) is 6.47. The largest absolute Gasteiger partial charge is 0.496 e. The molecular formula is C15H26N2O2. The van der Waals surface area contributed by atoms with Crippen LogP contribution in [-0.4, -0.2) is 19.8 Å². The van der Waals surface area contributed by atoms with Crippen LogP contribution in [0.2, 0.25) is 0 Å². The van der Waals surface area contributed by atoms with Gasteiger partial charge in [0.2, 0.25) is 0 Å². The Morgan fingerprint density at radius 1 is 1.16 bits per heavy atom. The molecule has 0 radical (unpaired) electrons. The molecular weight excluding hydrogens is 240 g/mol. The molecule has 108 valence electrons. The summed E-state index contributed by atoms with van der Waals surface area (Å²) in [5.74, 6) is 1.66. The van der Waals surface area contributed by atoms with Crippen LogP contribution < -0.4 is 20.9 Å². The maximum Gasteiger partial charge on any atom is 0.127 e. The van der Waals surface area contributed by atoms with Gasteiger partial charge in [-0.3, -0.25) is 0 Å². The summed E-state index contributed by atoms with van der Waals surface area (Å²) in [5, 5.41) is 0. The van der Waals surface area contributed by atoms with E-state index in [9.17, 15) is 0 Å². The lowest BCUT2D eigenvalue weighted by molar-refractivity contribution is 0.377. The molecule has 0 aliphatic carbocycles. The van der Waals surface area contributed by atoms with Crippen molar-refractivity contribution in [3.05, 3.63) is 22.8 Å². The molecule has 0 aromatic heterocycles. The Labute approximate surface area is 116 Å².